The zero-order valence-corrected chi connectivity index (χ0v) is 31.1. The van der Waals surface area contributed by atoms with Gasteiger partial charge >= 0.3 is 21.1 Å². The van der Waals surface area contributed by atoms with Crippen LogP contribution in [0.2, 0.25) is 19.6 Å². The maximum Gasteiger partial charge on any atom is 2.00 e. The molecule has 0 saturated carbocycles. The van der Waals surface area contributed by atoms with Gasteiger partial charge < -0.3 is 14.8 Å². The number of phenolic OH excluding ortho intramolecular Hbond substituents is 1. The molecule has 0 bridgehead atoms. The number of fused-ring (bicyclic) bond motifs is 5. The monoisotopic (exact) mass is 846 g/mol. The van der Waals surface area contributed by atoms with Gasteiger partial charge in [-0.25, -0.2) is 4.98 Å². The van der Waals surface area contributed by atoms with E-state index < -0.39 is 8.07 Å². The molecule has 0 saturated heterocycles. The van der Waals surface area contributed by atoms with Gasteiger partial charge in [0.15, 0.2) is 0 Å². The number of rotatable bonds is 5. The second-order valence-electron chi connectivity index (χ2n) is 13.7. The molecule has 0 radical (unpaired) electrons. The summed E-state index contributed by atoms with van der Waals surface area (Å²) in [7, 11) is -1.52. The normalized spacial score (nSPS) is 14.6. The fourth-order valence-corrected chi connectivity index (χ4v) is 8.07. The average molecular weight is 847 g/mol. The van der Waals surface area contributed by atoms with E-state index in [2.05, 4.69) is 121 Å². The van der Waals surface area contributed by atoms with Crippen LogP contribution < -0.4 is 0 Å². The van der Waals surface area contributed by atoms with E-state index in [0.717, 1.165) is 66.1 Å². The Bertz CT molecular complexity index is 2660. The SMILES string of the molecule is C[Si](C)(C)C1=C[N-]C(c2[c-]c(-c3cccc4c3nc(-c3ccccc3O)n4-c3cccc4ccccc34)cc3c2oc2ccccc23)C=C1.[Pt+2]. The number of phenols is 1. The molecule has 5 nitrogen and oxygen atoms in total. The molecular weight excluding hydrogens is 814 g/mol. The molecule has 9 rings (SSSR count). The smallest absolute Gasteiger partial charge is 0.682 e. The van der Waals surface area contributed by atoms with E-state index in [4.69, 9.17) is 14.7 Å². The molecule has 0 aliphatic carbocycles. The van der Waals surface area contributed by atoms with Crippen molar-refractivity contribution >= 4 is 51.8 Å². The second kappa shape index (κ2) is 12.3. The minimum absolute atomic E-state index is 0. The van der Waals surface area contributed by atoms with Crippen molar-refractivity contribution in [3.8, 4) is 34.0 Å². The molecule has 1 atom stereocenters. The van der Waals surface area contributed by atoms with Gasteiger partial charge in [-0.15, -0.1) is 23.3 Å². The van der Waals surface area contributed by atoms with Crippen LogP contribution in [0, 0.1) is 6.07 Å². The summed E-state index contributed by atoms with van der Waals surface area (Å²) in [6, 6.07) is 42.3. The molecule has 6 aromatic carbocycles. The first-order chi connectivity index (χ1) is 23.8. The van der Waals surface area contributed by atoms with E-state index in [0.29, 0.717) is 11.4 Å². The number of allylic oxidation sites excluding steroid dienone is 2. The predicted octanol–water partition coefficient (Wildman–Crippen LogP) is 11.7. The third kappa shape index (κ3) is 5.22. The summed E-state index contributed by atoms with van der Waals surface area (Å²) in [5, 5.41) is 21.8. The minimum atomic E-state index is -1.52. The number of nitrogens with zero attached hydrogens (tertiary/aromatic N) is 3. The van der Waals surface area contributed by atoms with Gasteiger partial charge in [-0.05, 0) is 35.7 Å². The van der Waals surface area contributed by atoms with Crippen LogP contribution in [0.3, 0.4) is 0 Å². The largest absolute Gasteiger partial charge is 2.00 e. The molecule has 3 heterocycles. The van der Waals surface area contributed by atoms with Crippen LogP contribution in [0.25, 0.3) is 77.3 Å². The van der Waals surface area contributed by atoms with E-state index >= 15 is 0 Å². The summed E-state index contributed by atoms with van der Waals surface area (Å²) < 4.78 is 8.69. The molecule has 8 aromatic rings. The van der Waals surface area contributed by atoms with Gasteiger partial charge in [-0.2, -0.15) is 6.20 Å². The van der Waals surface area contributed by atoms with Crippen LogP contribution in [-0.4, -0.2) is 22.7 Å². The summed E-state index contributed by atoms with van der Waals surface area (Å²) in [5.41, 5.74) is 7.80. The van der Waals surface area contributed by atoms with Crippen molar-refractivity contribution in [1.82, 2.24) is 9.55 Å². The minimum Gasteiger partial charge on any atom is -0.682 e. The van der Waals surface area contributed by atoms with Crippen LogP contribution in [0.5, 0.6) is 5.75 Å². The maximum absolute atomic E-state index is 11.1. The molecule has 7 heteroatoms. The van der Waals surface area contributed by atoms with E-state index in [1.165, 1.54) is 5.20 Å². The van der Waals surface area contributed by atoms with Gasteiger partial charge in [0.05, 0.1) is 35.9 Å². The van der Waals surface area contributed by atoms with Crippen molar-refractivity contribution in [3.05, 3.63) is 156 Å². The molecular formula is C43H33N3O2PtSi. The molecule has 1 N–H and O–H groups in total. The molecule has 1 aliphatic heterocycles. The van der Waals surface area contributed by atoms with Crippen molar-refractivity contribution in [2.24, 2.45) is 0 Å². The Hall–Kier alpha value is -5.16. The Labute approximate surface area is 305 Å². The van der Waals surface area contributed by atoms with Gasteiger partial charge in [0.25, 0.3) is 0 Å². The summed E-state index contributed by atoms with van der Waals surface area (Å²) in [6.07, 6.45) is 6.48. The molecule has 1 aliphatic rings. The molecule has 0 fully saturated rings. The summed E-state index contributed by atoms with van der Waals surface area (Å²) in [4.78, 5) is 5.33. The third-order valence-electron chi connectivity index (χ3n) is 9.56. The third-order valence-corrected chi connectivity index (χ3v) is 11.6. The fourth-order valence-electron chi connectivity index (χ4n) is 7.01. The van der Waals surface area contributed by atoms with E-state index in [1.54, 1.807) is 6.07 Å². The summed E-state index contributed by atoms with van der Waals surface area (Å²) >= 11 is 0. The Morgan fingerprint density at radius 3 is 2.32 bits per heavy atom. The van der Waals surface area contributed by atoms with Crippen LogP contribution in [-0.2, 0) is 21.1 Å². The van der Waals surface area contributed by atoms with Crippen LogP contribution in [0.4, 0.5) is 0 Å². The molecule has 50 heavy (non-hydrogen) atoms. The van der Waals surface area contributed by atoms with Crippen molar-refractivity contribution in [2.75, 3.05) is 0 Å². The molecule has 0 amide bonds. The van der Waals surface area contributed by atoms with E-state index in [9.17, 15) is 5.11 Å². The number of hydrogen-bond donors (Lipinski definition) is 1. The van der Waals surface area contributed by atoms with Gasteiger partial charge in [0, 0.05) is 10.8 Å². The fraction of sp³-hybridized carbons (Fsp3) is 0.0930. The Morgan fingerprint density at radius 1 is 0.800 bits per heavy atom. The van der Waals surface area contributed by atoms with Crippen molar-refractivity contribution in [1.29, 1.82) is 0 Å². The zero-order valence-electron chi connectivity index (χ0n) is 27.8. The Kier molecular flexibility index (Phi) is 7.89. The Morgan fingerprint density at radius 2 is 1.52 bits per heavy atom. The zero-order chi connectivity index (χ0) is 33.3. The van der Waals surface area contributed by atoms with Gasteiger partial charge in [0.2, 0.25) is 0 Å². The maximum atomic E-state index is 11.1. The summed E-state index contributed by atoms with van der Waals surface area (Å²) in [5.74, 6) is 0.846. The number of benzene rings is 6. The van der Waals surface area contributed by atoms with Gasteiger partial charge in [-0.1, -0.05) is 133 Å². The van der Waals surface area contributed by atoms with Crippen molar-refractivity contribution < 1.29 is 30.6 Å². The average Bonchev–Trinajstić information content (AvgIpc) is 3.70. The van der Waals surface area contributed by atoms with E-state index in [1.807, 2.05) is 36.4 Å². The molecule has 2 aromatic heterocycles. The van der Waals surface area contributed by atoms with E-state index in [-0.39, 0.29) is 32.9 Å². The van der Waals surface area contributed by atoms with Crippen molar-refractivity contribution in [3.63, 3.8) is 0 Å². The van der Waals surface area contributed by atoms with Crippen LogP contribution >= 0.6 is 0 Å². The van der Waals surface area contributed by atoms with Gasteiger partial charge in [0.1, 0.15) is 17.2 Å². The van der Waals surface area contributed by atoms with Crippen LogP contribution in [0.1, 0.15) is 11.6 Å². The number of para-hydroxylation sites is 3. The van der Waals surface area contributed by atoms with Crippen molar-refractivity contribution in [2.45, 2.75) is 25.7 Å². The van der Waals surface area contributed by atoms with Crippen LogP contribution in [0.15, 0.2) is 143 Å². The number of aromatic hydroxyl groups is 1. The molecule has 1 unspecified atom stereocenters. The standard InChI is InChI=1S/C43H33N3O2Si.Pt/c1-49(2,3)29-22-23-36(44-26-29)35-25-28(24-34-32-15-7-9-21-40(32)48-42(34)35)31-17-11-19-38-41(31)45-43(33-16-6-8-20-39(33)47)46(38)37-18-10-13-27-12-4-5-14-30(27)37;/h4-24,26,36H,1-3H3,(H,45,47);/q-2;+2. The summed E-state index contributed by atoms with van der Waals surface area (Å²) in [6.45, 7) is 7.01. The predicted molar refractivity (Wildman–Crippen MR) is 204 cm³/mol. The molecule has 246 valence electrons. The first-order valence-electron chi connectivity index (χ1n) is 16.6. The first-order valence-corrected chi connectivity index (χ1v) is 20.1. The Balaban J connectivity index is 0.00000361. The quantitative estimate of drug-likeness (QED) is 0.139. The number of furan rings is 1. The first kappa shape index (κ1) is 32.1. The number of hydrogen-bond acceptors (Lipinski definition) is 3. The van der Waals surface area contributed by atoms with Gasteiger partial charge in [-0.3, -0.25) is 4.57 Å². The number of aromatic nitrogens is 2. The molecule has 0 spiro atoms. The topological polar surface area (TPSA) is 65.3 Å². The number of imidazole rings is 1. The second-order valence-corrected chi connectivity index (χ2v) is 18.8.